The number of primary amides is 1. The minimum absolute atomic E-state index is 0.162. The molecule has 2 rings (SSSR count). The van der Waals surface area contributed by atoms with Crippen LogP contribution in [0.3, 0.4) is 0 Å². The third-order valence-electron chi connectivity index (χ3n) is 2.00. The number of hydrogen-bond acceptors (Lipinski definition) is 5. The Labute approximate surface area is 102 Å². The summed E-state index contributed by atoms with van der Waals surface area (Å²) in [7, 11) is 0. The summed E-state index contributed by atoms with van der Waals surface area (Å²) in [6, 6.07) is 6.81. The third-order valence-corrected chi connectivity index (χ3v) is 2.23. The smallest absolute Gasteiger partial charge is 0.320 e. The Bertz CT molecular complexity index is 523. The molecular formula is C10H9ClN4O2. The number of amides is 1. The van der Waals surface area contributed by atoms with Gasteiger partial charge in [0, 0.05) is 11.3 Å². The molecule has 7 heteroatoms. The predicted molar refractivity (Wildman–Crippen MR) is 62.1 cm³/mol. The lowest BCUT2D eigenvalue weighted by Gasteiger charge is -2.01. The van der Waals surface area contributed by atoms with Crippen molar-refractivity contribution in [3.8, 4) is 0 Å². The fourth-order valence-electron chi connectivity index (χ4n) is 1.20. The zero-order valence-electron chi connectivity index (χ0n) is 8.68. The highest BCUT2D eigenvalue weighted by molar-refractivity contribution is 6.16. The molecule has 3 N–H and O–H groups in total. The summed E-state index contributed by atoms with van der Waals surface area (Å²) in [6.45, 7) is 0. The zero-order chi connectivity index (χ0) is 12.3. The van der Waals surface area contributed by atoms with Crippen LogP contribution >= 0.6 is 11.6 Å². The van der Waals surface area contributed by atoms with Gasteiger partial charge >= 0.3 is 6.01 Å². The highest BCUT2D eigenvalue weighted by atomic mass is 35.5. The van der Waals surface area contributed by atoms with E-state index in [1.165, 1.54) is 0 Å². The molecule has 0 radical (unpaired) electrons. The summed E-state index contributed by atoms with van der Waals surface area (Å²) >= 11 is 5.52. The van der Waals surface area contributed by atoms with Crippen molar-refractivity contribution in [1.82, 2.24) is 10.2 Å². The molecule has 1 aromatic carbocycles. The van der Waals surface area contributed by atoms with E-state index < -0.39 is 5.91 Å². The first-order valence-corrected chi connectivity index (χ1v) is 5.27. The number of carbonyl (C=O) groups excluding carboxylic acids is 1. The van der Waals surface area contributed by atoms with Crippen LogP contribution in [0.2, 0.25) is 0 Å². The minimum atomic E-state index is -0.473. The summed E-state index contributed by atoms with van der Waals surface area (Å²) in [5.41, 5.74) is 6.26. The van der Waals surface area contributed by atoms with Gasteiger partial charge in [-0.05, 0) is 24.3 Å². The van der Waals surface area contributed by atoms with Crippen molar-refractivity contribution in [2.24, 2.45) is 5.73 Å². The number of alkyl halides is 1. The molecule has 0 aliphatic rings. The number of nitrogens with zero attached hydrogens (tertiary/aromatic N) is 2. The van der Waals surface area contributed by atoms with Crippen molar-refractivity contribution in [1.29, 1.82) is 0 Å². The van der Waals surface area contributed by atoms with Crippen molar-refractivity contribution in [3.05, 3.63) is 35.7 Å². The molecule has 6 nitrogen and oxygen atoms in total. The summed E-state index contributed by atoms with van der Waals surface area (Å²) in [6.07, 6.45) is 0. The average molecular weight is 253 g/mol. The highest BCUT2D eigenvalue weighted by Crippen LogP contribution is 2.16. The molecule has 17 heavy (non-hydrogen) atoms. The molecule has 0 bridgehead atoms. The second kappa shape index (κ2) is 4.84. The van der Waals surface area contributed by atoms with Crippen LogP contribution in [0.15, 0.2) is 28.7 Å². The Hall–Kier alpha value is -2.08. The third kappa shape index (κ3) is 2.73. The second-order valence-electron chi connectivity index (χ2n) is 3.20. The molecule has 2 aromatic rings. The molecule has 88 valence electrons. The first-order valence-electron chi connectivity index (χ1n) is 4.74. The van der Waals surface area contributed by atoms with Crippen molar-refractivity contribution >= 4 is 29.2 Å². The first-order chi connectivity index (χ1) is 8.19. The quantitative estimate of drug-likeness (QED) is 0.807. The van der Waals surface area contributed by atoms with Crippen LogP contribution < -0.4 is 11.1 Å². The standard InChI is InChI=1S/C10H9ClN4O2/c11-5-8-14-15-10(17-8)13-7-3-1-6(2-4-7)9(12)16/h1-4H,5H2,(H2,12,16)(H,13,15). The molecule has 0 spiro atoms. The fraction of sp³-hybridized carbons (Fsp3) is 0.100. The van der Waals surface area contributed by atoms with Gasteiger partial charge in [0.05, 0.1) is 0 Å². The van der Waals surface area contributed by atoms with Gasteiger partial charge in [0.2, 0.25) is 11.8 Å². The van der Waals surface area contributed by atoms with Gasteiger partial charge in [-0.2, -0.15) is 0 Å². The molecule has 0 aliphatic carbocycles. The van der Waals surface area contributed by atoms with Gasteiger partial charge in [0.25, 0.3) is 0 Å². The normalized spacial score (nSPS) is 10.2. The average Bonchev–Trinajstić information content (AvgIpc) is 2.77. The molecule has 0 fully saturated rings. The maximum absolute atomic E-state index is 10.9. The number of hydrogen-bond donors (Lipinski definition) is 2. The largest absolute Gasteiger partial charge is 0.407 e. The summed E-state index contributed by atoms with van der Waals surface area (Å²) < 4.78 is 5.16. The molecule has 0 unspecified atom stereocenters. The van der Waals surface area contributed by atoms with Crippen LogP contribution in [-0.2, 0) is 5.88 Å². The molecule has 1 amide bonds. The van der Waals surface area contributed by atoms with E-state index in [1.807, 2.05) is 0 Å². The molecule has 0 aliphatic heterocycles. The Kier molecular flexibility index (Phi) is 3.24. The van der Waals surface area contributed by atoms with E-state index in [2.05, 4.69) is 15.5 Å². The van der Waals surface area contributed by atoms with E-state index >= 15 is 0 Å². The van der Waals surface area contributed by atoms with Crippen molar-refractivity contribution in [3.63, 3.8) is 0 Å². The summed E-state index contributed by atoms with van der Waals surface area (Å²) in [4.78, 5) is 10.9. The molecule has 0 atom stereocenters. The molecule has 1 aromatic heterocycles. The number of carbonyl (C=O) groups is 1. The van der Waals surface area contributed by atoms with E-state index in [9.17, 15) is 4.79 Å². The van der Waals surface area contributed by atoms with E-state index in [-0.39, 0.29) is 11.9 Å². The van der Waals surface area contributed by atoms with Gasteiger partial charge in [-0.3, -0.25) is 4.79 Å². The highest BCUT2D eigenvalue weighted by Gasteiger charge is 2.05. The number of aromatic nitrogens is 2. The van der Waals surface area contributed by atoms with Crippen molar-refractivity contribution in [2.45, 2.75) is 5.88 Å². The Balaban J connectivity index is 2.10. The number of benzene rings is 1. The number of halogens is 1. The second-order valence-corrected chi connectivity index (χ2v) is 3.47. The van der Waals surface area contributed by atoms with Crippen molar-refractivity contribution < 1.29 is 9.21 Å². The van der Waals surface area contributed by atoms with Crippen LogP contribution in [0.1, 0.15) is 16.2 Å². The molecular weight excluding hydrogens is 244 g/mol. The van der Waals surface area contributed by atoms with E-state index in [0.717, 1.165) is 0 Å². The van der Waals surface area contributed by atoms with E-state index in [1.54, 1.807) is 24.3 Å². The minimum Gasteiger partial charge on any atom is -0.407 e. The molecule has 1 heterocycles. The maximum atomic E-state index is 10.9. The van der Waals surface area contributed by atoms with E-state index in [4.69, 9.17) is 21.8 Å². The number of nitrogens with one attached hydrogen (secondary N) is 1. The van der Waals surface area contributed by atoms with Gasteiger partial charge in [0.1, 0.15) is 5.88 Å². The van der Waals surface area contributed by atoms with E-state index in [0.29, 0.717) is 17.1 Å². The SMILES string of the molecule is NC(=O)c1ccc(Nc2nnc(CCl)o2)cc1. The van der Waals surface area contributed by atoms with Gasteiger partial charge in [-0.1, -0.05) is 5.10 Å². The zero-order valence-corrected chi connectivity index (χ0v) is 9.44. The predicted octanol–water partition coefficient (Wildman–Crippen LogP) is 1.65. The van der Waals surface area contributed by atoms with Crippen LogP contribution in [0.4, 0.5) is 11.7 Å². The molecule has 0 saturated carbocycles. The lowest BCUT2D eigenvalue weighted by atomic mass is 10.2. The molecule has 0 saturated heterocycles. The van der Waals surface area contributed by atoms with Crippen LogP contribution in [0.5, 0.6) is 0 Å². The lowest BCUT2D eigenvalue weighted by molar-refractivity contribution is 0.100. The summed E-state index contributed by atoms with van der Waals surface area (Å²) in [5.74, 6) is 0.0247. The Morgan fingerprint density at radius 3 is 2.59 bits per heavy atom. The monoisotopic (exact) mass is 252 g/mol. The maximum Gasteiger partial charge on any atom is 0.320 e. The topological polar surface area (TPSA) is 94.0 Å². The van der Waals surface area contributed by atoms with Gasteiger partial charge < -0.3 is 15.5 Å². The van der Waals surface area contributed by atoms with Gasteiger partial charge in [-0.15, -0.1) is 16.7 Å². The fourth-order valence-corrected chi connectivity index (χ4v) is 1.31. The van der Waals surface area contributed by atoms with Crippen LogP contribution in [-0.4, -0.2) is 16.1 Å². The number of rotatable bonds is 4. The number of anilines is 2. The Morgan fingerprint density at radius 1 is 1.35 bits per heavy atom. The summed E-state index contributed by atoms with van der Waals surface area (Å²) in [5, 5.41) is 10.3. The lowest BCUT2D eigenvalue weighted by Crippen LogP contribution is -2.10. The van der Waals surface area contributed by atoms with Gasteiger partial charge in [-0.25, -0.2) is 0 Å². The van der Waals surface area contributed by atoms with Crippen molar-refractivity contribution in [2.75, 3.05) is 5.32 Å². The van der Waals surface area contributed by atoms with Gasteiger partial charge in [0.15, 0.2) is 0 Å². The Morgan fingerprint density at radius 2 is 2.06 bits per heavy atom. The van der Waals surface area contributed by atoms with Crippen LogP contribution in [0.25, 0.3) is 0 Å². The number of nitrogens with two attached hydrogens (primary N) is 1. The van der Waals surface area contributed by atoms with Crippen LogP contribution in [0, 0.1) is 0 Å². The first kappa shape index (κ1) is 11.4.